The van der Waals surface area contributed by atoms with Crippen molar-refractivity contribution in [2.75, 3.05) is 31.6 Å². The van der Waals surface area contributed by atoms with Crippen molar-refractivity contribution < 1.29 is 13.9 Å². The molecule has 3 aromatic rings. The molecule has 0 spiro atoms. The van der Waals surface area contributed by atoms with Crippen molar-refractivity contribution in [3.63, 3.8) is 0 Å². The van der Waals surface area contributed by atoms with Gasteiger partial charge in [-0.15, -0.1) is 0 Å². The van der Waals surface area contributed by atoms with E-state index in [0.29, 0.717) is 18.3 Å². The minimum absolute atomic E-state index is 0.00897. The van der Waals surface area contributed by atoms with E-state index in [1.54, 1.807) is 10.9 Å². The van der Waals surface area contributed by atoms with Crippen LogP contribution in [-0.2, 0) is 16.6 Å². The molecular formula is C28H33ClFN5O2. The molecule has 7 nitrogen and oxygen atoms in total. The van der Waals surface area contributed by atoms with Gasteiger partial charge in [-0.2, -0.15) is 5.10 Å². The van der Waals surface area contributed by atoms with E-state index in [4.69, 9.17) is 16.3 Å². The van der Waals surface area contributed by atoms with Gasteiger partial charge in [-0.3, -0.25) is 14.4 Å². The fourth-order valence-corrected chi connectivity index (χ4v) is 6.72. The highest BCUT2D eigenvalue weighted by Gasteiger charge is 2.53. The van der Waals surface area contributed by atoms with Gasteiger partial charge in [0, 0.05) is 41.7 Å². The number of carbonyl (C=O) groups excluding carboxylic acids is 1. The van der Waals surface area contributed by atoms with E-state index >= 15 is 0 Å². The molecule has 3 unspecified atom stereocenters. The lowest BCUT2D eigenvalue weighted by Gasteiger charge is -2.43. The molecule has 0 bridgehead atoms. The molecule has 3 aliphatic rings. The number of hydrogen-bond donors (Lipinski definition) is 1. The van der Waals surface area contributed by atoms with Crippen molar-refractivity contribution in [1.29, 1.82) is 0 Å². The van der Waals surface area contributed by atoms with Crippen LogP contribution < -0.4 is 5.32 Å². The van der Waals surface area contributed by atoms with Gasteiger partial charge in [0.25, 0.3) is 0 Å². The Kier molecular flexibility index (Phi) is 6.24. The number of ether oxygens (including phenoxy) is 1. The van der Waals surface area contributed by atoms with Crippen molar-refractivity contribution >= 4 is 34.1 Å². The monoisotopic (exact) mass is 525 g/mol. The van der Waals surface area contributed by atoms with E-state index in [9.17, 15) is 9.18 Å². The summed E-state index contributed by atoms with van der Waals surface area (Å²) >= 11 is 6.72. The number of amides is 1. The zero-order valence-corrected chi connectivity index (χ0v) is 22.2. The molecule has 4 heterocycles. The van der Waals surface area contributed by atoms with Gasteiger partial charge in [-0.25, -0.2) is 9.37 Å². The third-order valence-corrected chi connectivity index (χ3v) is 9.20. The number of pyridine rings is 1. The molecule has 6 rings (SSSR count). The highest BCUT2D eigenvalue weighted by Crippen LogP contribution is 2.54. The second-order valence-corrected chi connectivity index (χ2v) is 11.6. The van der Waals surface area contributed by atoms with E-state index in [1.807, 2.05) is 38.5 Å². The van der Waals surface area contributed by atoms with Crippen LogP contribution >= 0.6 is 11.6 Å². The first-order valence-electron chi connectivity index (χ1n) is 13.1. The summed E-state index contributed by atoms with van der Waals surface area (Å²) in [7, 11) is 1.89. The average Bonchev–Trinajstić information content (AvgIpc) is 3.15. The number of rotatable bonds is 5. The minimum Gasteiger partial charge on any atom is -0.376 e. The standard InChI is InChI=1S/C28H33ClFN5O2/c1-16-25(20-12-32-34(3)13-20)26(16)27(36)33-24-10-18-8-21(22(29)9-19(18)11-31-24)17-4-6-35(7-5-17)28(2)15-37-14-23(28)30/h8-13,16-17,23,25-26H,4-7,14-15H2,1-3H3,(H,31,33,36)/t16?,23-,25?,26?,28+/m0/s1. The predicted octanol–water partition coefficient (Wildman–Crippen LogP) is 4.92. The molecule has 1 amide bonds. The number of alkyl halides is 1. The Bertz CT molecular complexity index is 1340. The number of hydrogen-bond acceptors (Lipinski definition) is 5. The molecule has 0 radical (unpaired) electrons. The van der Waals surface area contributed by atoms with Crippen molar-refractivity contribution in [2.45, 2.75) is 50.2 Å². The number of nitrogens with zero attached hydrogens (tertiary/aromatic N) is 4. The minimum atomic E-state index is -0.951. The Labute approximate surface area is 221 Å². The fourth-order valence-electron chi connectivity index (χ4n) is 6.39. The van der Waals surface area contributed by atoms with Gasteiger partial charge in [0.15, 0.2) is 0 Å². The quantitative estimate of drug-likeness (QED) is 0.512. The third-order valence-electron chi connectivity index (χ3n) is 8.87. The number of aryl methyl sites for hydroxylation is 1. The maximum Gasteiger partial charge on any atom is 0.229 e. The molecule has 2 aliphatic heterocycles. The van der Waals surface area contributed by atoms with Crippen molar-refractivity contribution in [3.05, 3.63) is 52.9 Å². The number of carbonyl (C=O) groups is 1. The van der Waals surface area contributed by atoms with E-state index in [1.165, 1.54) is 0 Å². The third kappa shape index (κ3) is 4.43. The van der Waals surface area contributed by atoms with Crippen LogP contribution in [-0.4, -0.2) is 63.6 Å². The number of fused-ring (bicyclic) bond motifs is 1. The van der Waals surface area contributed by atoms with Crippen LogP contribution in [0.5, 0.6) is 0 Å². The molecule has 1 aliphatic carbocycles. The summed E-state index contributed by atoms with van der Waals surface area (Å²) in [4.78, 5) is 19.7. The zero-order valence-electron chi connectivity index (χ0n) is 21.5. The summed E-state index contributed by atoms with van der Waals surface area (Å²) in [5.74, 6) is 1.22. The molecule has 196 valence electrons. The molecule has 3 fully saturated rings. The molecule has 9 heteroatoms. The van der Waals surface area contributed by atoms with Gasteiger partial charge in [0.2, 0.25) is 5.91 Å². The van der Waals surface area contributed by atoms with Gasteiger partial charge in [-0.1, -0.05) is 18.5 Å². The number of piperidine rings is 1. The van der Waals surface area contributed by atoms with Crippen molar-refractivity contribution in [1.82, 2.24) is 19.7 Å². The van der Waals surface area contributed by atoms with E-state index in [-0.39, 0.29) is 30.3 Å². The number of anilines is 1. The van der Waals surface area contributed by atoms with Crippen LogP contribution in [0.25, 0.3) is 10.8 Å². The number of nitrogens with one attached hydrogen (secondary N) is 1. The van der Waals surface area contributed by atoms with Crippen LogP contribution in [0.4, 0.5) is 10.2 Å². The van der Waals surface area contributed by atoms with Crippen LogP contribution in [0, 0.1) is 11.8 Å². The summed E-state index contributed by atoms with van der Waals surface area (Å²) in [6, 6.07) is 6.02. The van der Waals surface area contributed by atoms with Gasteiger partial charge in [-0.05, 0) is 79.4 Å². The molecule has 2 saturated heterocycles. The van der Waals surface area contributed by atoms with Crippen LogP contribution in [0.15, 0.2) is 36.8 Å². The van der Waals surface area contributed by atoms with E-state index in [2.05, 4.69) is 33.3 Å². The number of halogens is 2. The number of aromatic nitrogens is 3. The highest BCUT2D eigenvalue weighted by atomic mass is 35.5. The summed E-state index contributed by atoms with van der Waals surface area (Å²) in [6.07, 6.45) is 6.47. The Morgan fingerprint density at radius 3 is 2.68 bits per heavy atom. The second kappa shape index (κ2) is 9.33. The van der Waals surface area contributed by atoms with E-state index < -0.39 is 11.7 Å². The summed E-state index contributed by atoms with van der Waals surface area (Å²) in [6.45, 7) is 6.33. The zero-order chi connectivity index (χ0) is 25.9. The normalized spacial score (nSPS) is 30.6. The van der Waals surface area contributed by atoms with Gasteiger partial charge < -0.3 is 10.1 Å². The van der Waals surface area contributed by atoms with E-state index in [0.717, 1.165) is 52.9 Å². The first-order valence-corrected chi connectivity index (χ1v) is 13.5. The molecule has 5 atom stereocenters. The summed E-state index contributed by atoms with van der Waals surface area (Å²) in [5.41, 5.74) is 1.67. The van der Waals surface area contributed by atoms with Crippen LogP contribution in [0.3, 0.4) is 0 Å². The fraction of sp³-hybridized carbons (Fsp3) is 0.536. The second-order valence-electron chi connectivity index (χ2n) is 11.2. The van der Waals surface area contributed by atoms with Gasteiger partial charge in [0.05, 0.1) is 24.9 Å². The van der Waals surface area contributed by atoms with Gasteiger partial charge >= 0.3 is 0 Å². The smallest absolute Gasteiger partial charge is 0.229 e. The topological polar surface area (TPSA) is 72.3 Å². The number of likely N-dealkylation sites (tertiary alicyclic amines) is 1. The van der Waals surface area contributed by atoms with Gasteiger partial charge in [0.1, 0.15) is 12.0 Å². The molecule has 37 heavy (non-hydrogen) atoms. The average molecular weight is 526 g/mol. The summed E-state index contributed by atoms with van der Waals surface area (Å²) in [5, 5.41) is 9.94. The Morgan fingerprint density at radius 1 is 1.22 bits per heavy atom. The maximum absolute atomic E-state index is 14.5. The Morgan fingerprint density at radius 2 is 2.00 bits per heavy atom. The SMILES string of the molecule is CC1C(C(=O)Nc2cc3cc(C4CCN([C@]5(C)COC[C@@H]5F)CC4)c(Cl)cc3cn2)C1c1cnn(C)c1. The largest absolute Gasteiger partial charge is 0.376 e. The lowest BCUT2D eigenvalue weighted by molar-refractivity contribution is -0.117. The lowest BCUT2D eigenvalue weighted by atomic mass is 9.85. The molecule has 1 saturated carbocycles. The lowest BCUT2D eigenvalue weighted by Crippen LogP contribution is -2.55. The predicted molar refractivity (Wildman–Crippen MR) is 142 cm³/mol. The Hall–Kier alpha value is -2.55. The first-order chi connectivity index (χ1) is 17.7. The molecular weight excluding hydrogens is 493 g/mol. The van der Waals surface area contributed by atoms with Crippen LogP contribution in [0.1, 0.15) is 49.7 Å². The molecule has 2 aromatic heterocycles. The highest BCUT2D eigenvalue weighted by molar-refractivity contribution is 6.32. The molecule has 1 aromatic carbocycles. The summed E-state index contributed by atoms with van der Waals surface area (Å²) < 4.78 is 21.7. The molecule has 1 N–H and O–H groups in total. The maximum atomic E-state index is 14.5. The Balaban J connectivity index is 1.16. The van der Waals surface area contributed by atoms with Crippen molar-refractivity contribution in [2.24, 2.45) is 18.9 Å². The van der Waals surface area contributed by atoms with Crippen molar-refractivity contribution in [3.8, 4) is 0 Å². The van der Waals surface area contributed by atoms with Crippen LogP contribution in [0.2, 0.25) is 5.02 Å². The first kappa shape index (κ1) is 24.8. The number of benzene rings is 1.